The van der Waals surface area contributed by atoms with Crippen LogP contribution in [-0.4, -0.2) is 23.6 Å². The SMILES string of the molecule is C=C(C)CCOc1cc(NC)nc(CCC)n1. The molecule has 0 aromatic carbocycles. The van der Waals surface area contributed by atoms with Crippen LogP contribution in [0.1, 0.15) is 32.5 Å². The Kier molecular flexibility index (Phi) is 5.46. The molecular formula is C13H21N3O. The maximum atomic E-state index is 5.59. The highest BCUT2D eigenvalue weighted by molar-refractivity contribution is 5.37. The van der Waals surface area contributed by atoms with Crippen LogP contribution < -0.4 is 10.1 Å². The normalized spacial score (nSPS) is 10.1. The molecule has 1 rings (SSSR count). The Bertz CT molecular complexity index is 377. The molecule has 0 atom stereocenters. The van der Waals surface area contributed by atoms with Gasteiger partial charge in [-0.2, -0.15) is 4.98 Å². The van der Waals surface area contributed by atoms with Gasteiger partial charge in [-0.15, -0.1) is 6.58 Å². The minimum Gasteiger partial charge on any atom is -0.477 e. The Labute approximate surface area is 103 Å². The van der Waals surface area contributed by atoms with Crippen molar-refractivity contribution in [1.82, 2.24) is 9.97 Å². The lowest BCUT2D eigenvalue weighted by atomic mass is 10.3. The van der Waals surface area contributed by atoms with Crippen LogP contribution in [0.25, 0.3) is 0 Å². The number of nitrogens with one attached hydrogen (secondary N) is 1. The van der Waals surface area contributed by atoms with Gasteiger partial charge in [0.05, 0.1) is 6.61 Å². The predicted octanol–water partition coefficient (Wildman–Crippen LogP) is 2.82. The van der Waals surface area contributed by atoms with E-state index in [1.54, 1.807) is 0 Å². The molecule has 0 saturated carbocycles. The molecule has 0 bridgehead atoms. The molecule has 0 aliphatic heterocycles. The molecule has 1 N–H and O–H groups in total. The third-order valence-electron chi connectivity index (χ3n) is 2.26. The molecule has 4 heteroatoms. The smallest absolute Gasteiger partial charge is 0.218 e. The van der Waals surface area contributed by atoms with Gasteiger partial charge in [0.1, 0.15) is 11.6 Å². The molecule has 1 aromatic heterocycles. The first kappa shape index (κ1) is 13.5. The van der Waals surface area contributed by atoms with Crippen molar-refractivity contribution in [1.29, 1.82) is 0 Å². The molecule has 0 aliphatic rings. The van der Waals surface area contributed by atoms with Gasteiger partial charge in [-0.25, -0.2) is 4.98 Å². The van der Waals surface area contributed by atoms with Crippen LogP contribution in [0, 0.1) is 0 Å². The lowest BCUT2D eigenvalue weighted by Gasteiger charge is -2.08. The first-order valence-corrected chi connectivity index (χ1v) is 5.98. The maximum Gasteiger partial charge on any atom is 0.218 e. The van der Waals surface area contributed by atoms with Crippen LogP contribution in [0.15, 0.2) is 18.2 Å². The highest BCUT2D eigenvalue weighted by atomic mass is 16.5. The van der Waals surface area contributed by atoms with Crippen LogP contribution in [0.3, 0.4) is 0 Å². The summed E-state index contributed by atoms with van der Waals surface area (Å²) in [6.45, 7) is 8.55. The summed E-state index contributed by atoms with van der Waals surface area (Å²) in [7, 11) is 1.84. The van der Waals surface area contributed by atoms with Crippen LogP contribution in [0.5, 0.6) is 5.88 Å². The molecule has 17 heavy (non-hydrogen) atoms. The summed E-state index contributed by atoms with van der Waals surface area (Å²) in [5, 5.41) is 3.02. The molecule has 94 valence electrons. The Morgan fingerprint density at radius 2 is 2.24 bits per heavy atom. The van der Waals surface area contributed by atoms with Crippen molar-refractivity contribution < 1.29 is 4.74 Å². The van der Waals surface area contributed by atoms with E-state index in [0.29, 0.717) is 12.5 Å². The van der Waals surface area contributed by atoms with Crippen LogP contribution >= 0.6 is 0 Å². The van der Waals surface area contributed by atoms with Crippen molar-refractivity contribution in [2.24, 2.45) is 0 Å². The van der Waals surface area contributed by atoms with E-state index < -0.39 is 0 Å². The third-order valence-corrected chi connectivity index (χ3v) is 2.26. The van der Waals surface area contributed by atoms with Gasteiger partial charge in [0.15, 0.2) is 0 Å². The average molecular weight is 235 g/mol. The molecular weight excluding hydrogens is 214 g/mol. The van der Waals surface area contributed by atoms with Gasteiger partial charge < -0.3 is 10.1 Å². The van der Waals surface area contributed by atoms with Gasteiger partial charge in [-0.3, -0.25) is 0 Å². The van der Waals surface area contributed by atoms with Gasteiger partial charge in [0.2, 0.25) is 5.88 Å². The number of anilines is 1. The minimum atomic E-state index is 0.612. The van der Waals surface area contributed by atoms with Gasteiger partial charge in [-0.05, 0) is 13.3 Å². The largest absolute Gasteiger partial charge is 0.477 e. The van der Waals surface area contributed by atoms with Crippen LogP contribution in [-0.2, 0) is 6.42 Å². The summed E-state index contributed by atoms with van der Waals surface area (Å²) in [5.41, 5.74) is 1.11. The zero-order valence-corrected chi connectivity index (χ0v) is 10.9. The van der Waals surface area contributed by atoms with E-state index in [0.717, 1.165) is 36.5 Å². The second kappa shape index (κ2) is 6.89. The first-order chi connectivity index (χ1) is 8.15. The molecule has 0 unspecified atom stereocenters. The fourth-order valence-electron chi connectivity index (χ4n) is 1.34. The van der Waals surface area contributed by atoms with Crippen molar-refractivity contribution in [2.75, 3.05) is 19.0 Å². The fraction of sp³-hybridized carbons (Fsp3) is 0.538. The average Bonchev–Trinajstić information content (AvgIpc) is 2.28. The standard InChI is InChI=1S/C13H21N3O/c1-5-6-11-15-12(14-4)9-13(16-11)17-8-7-10(2)3/h9H,2,5-8H2,1,3-4H3,(H,14,15,16). The molecule has 0 fully saturated rings. The van der Waals surface area contributed by atoms with Crippen LogP contribution in [0.4, 0.5) is 5.82 Å². The summed E-state index contributed by atoms with van der Waals surface area (Å²) in [4.78, 5) is 8.73. The Hall–Kier alpha value is -1.58. The number of hydrogen-bond acceptors (Lipinski definition) is 4. The third kappa shape index (κ3) is 4.85. The zero-order chi connectivity index (χ0) is 12.7. The molecule has 4 nitrogen and oxygen atoms in total. The summed E-state index contributed by atoms with van der Waals surface area (Å²) in [5.74, 6) is 2.26. The molecule has 0 aliphatic carbocycles. The van der Waals surface area contributed by atoms with Crippen molar-refractivity contribution in [3.05, 3.63) is 24.0 Å². The summed E-state index contributed by atoms with van der Waals surface area (Å²) in [6, 6.07) is 1.82. The van der Waals surface area contributed by atoms with Crippen molar-refractivity contribution in [3.8, 4) is 5.88 Å². The van der Waals surface area contributed by atoms with Crippen molar-refractivity contribution in [3.63, 3.8) is 0 Å². The van der Waals surface area contributed by atoms with Crippen molar-refractivity contribution >= 4 is 5.82 Å². The maximum absolute atomic E-state index is 5.59. The second-order valence-electron chi connectivity index (χ2n) is 4.06. The lowest BCUT2D eigenvalue weighted by molar-refractivity contribution is 0.308. The van der Waals surface area contributed by atoms with E-state index >= 15 is 0 Å². The number of aryl methyl sites for hydroxylation is 1. The summed E-state index contributed by atoms with van der Waals surface area (Å²) < 4.78 is 5.59. The van der Waals surface area contributed by atoms with Gasteiger partial charge in [0.25, 0.3) is 0 Å². The molecule has 0 saturated heterocycles. The van der Waals surface area contributed by atoms with E-state index in [9.17, 15) is 0 Å². The monoisotopic (exact) mass is 235 g/mol. The number of ether oxygens (including phenoxy) is 1. The lowest BCUT2D eigenvalue weighted by Crippen LogP contribution is -2.05. The zero-order valence-electron chi connectivity index (χ0n) is 10.9. The molecule has 0 radical (unpaired) electrons. The summed E-state index contributed by atoms with van der Waals surface area (Å²) >= 11 is 0. The van der Waals surface area contributed by atoms with Gasteiger partial charge >= 0.3 is 0 Å². The number of rotatable bonds is 7. The predicted molar refractivity (Wildman–Crippen MR) is 70.5 cm³/mol. The molecule has 0 amide bonds. The van der Waals surface area contributed by atoms with E-state index in [2.05, 4.69) is 28.8 Å². The van der Waals surface area contributed by atoms with Gasteiger partial charge in [0, 0.05) is 26.0 Å². The van der Waals surface area contributed by atoms with E-state index in [1.807, 2.05) is 20.0 Å². The van der Waals surface area contributed by atoms with Gasteiger partial charge in [-0.1, -0.05) is 12.5 Å². The highest BCUT2D eigenvalue weighted by Crippen LogP contribution is 2.14. The topological polar surface area (TPSA) is 47.0 Å². The minimum absolute atomic E-state index is 0.612. The van der Waals surface area contributed by atoms with E-state index in [4.69, 9.17) is 4.74 Å². The molecule has 1 heterocycles. The number of hydrogen-bond donors (Lipinski definition) is 1. The van der Waals surface area contributed by atoms with E-state index in [1.165, 1.54) is 0 Å². The van der Waals surface area contributed by atoms with Crippen molar-refractivity contribution in [2.45, 2.75) is 33.1 Å². The quantitative estimate of drug-likeness (QED) is 0.738. The number of nitrogens with zero attached hydrogens (tertiary/aromatic N) is 2. The van der Waals surface area contributed by atoms with Crippen LogP contribution in [0.2, 0.25) is 0 Å². The second-order valence-corrected chi connectivity index (χ2v) is 4.06. The molecule has 0 spiro atoms. The summed E-state index contributed by atoms with van der Waals surface area (Å²) in [6.07, 6.45) is 2.74. The Balaban J connectivity index is 2.69. The van der Waals surface area contributed by atoms with E-state index in [-0.39, 0.29) is 0 Å². The first-order valence-electron chi connectivity index (χ1n) is 5.98. The fourth-order valence-corrected chi connectivity index (χ4v) is 1.34. The molecule has 1 aromatic rings. The number of aromatic nitrogens is 2. The highest BCUT2D eigenvalue weighted by Gasteiger charge is 2.04. The Morgan fingerprint density at radius 1 is 1.47 bits per heavy atom. The Morgan fingerprint density at radius 3 is 2.82 bits per heavy atom.